The van der Waals surface area contributed by atoms with Crippen LogP contribution in [-0.4, -0.2) is 32.9 Å². The predicted molar refractivity (Wildman–Crippen MR) is 78.5 cm³/mol. The Hall–Kier alpha value is -2.90. The second kappa shape index (κ2) is 6.25. The van der Waals surface area contributed by atoms with Crippen LogP contribution in [0.25, 0.3) is 10.9 Å². The Bertz CT molecular complexity index is 737. The molecular weight excluding hydrogens is 290 g/mol. The number of nitrogens with zero attached hydrogens (tertiary/aromatic N) is 1. The zero-order chi connectivity index (χ0) is 16.3. The van der Waals surface area contributed by atoms with E-state index in [0.29, 0.717) is 16.5 Å². The lowest BCUT2D eigenvalue weighted by Gasteiger charge is -2.11. The molecule has 3 N–H and O–H groups in total. The average molecular weight is 305 g/mol. The number of H-pyrrole nitrogens is 1. The number of aromatic amines is 1. The number of aliphatic carboxylic acids is 1. The van der Waals surface area contributed by atoms with Gasteiger partial charge >= 0.3 is 5.97 Å². The lowest BCUT2D eigenvalue weighted by Crippen LogP contribution is -2.40. The third-order valence-corrected chi connectivity index (χ3v) is 3.35. The monoisotopic (exact) mass is 305 g/mol. The third kappa shape index (κ3) is 3.22. The molecule has 0 aliphatic heterocycles. The molecule has 0 aliphatic carbocycles. The van der Waals surface area contributed by atoms with Crippen LogP contribution in [0.3, 0.4) is 0 Å². The van der Waals surface area contributed by atoms with Gasteiger partial charge < -0.3 is 15.4 Å². The maximum atomic E-state index is 11.9. The highest BCUT2D eigenvalue weighted by molar-refractivity contribution is 5.91. The summed E-state index contributed by atoms with van der Waals surface area (Å²) >= 11 is 0. The molecule has 0 radical (unpaired) electrons. The van der Waals surface area contributed by atoms with Crippen LogP contribution in [0.5, 0.6) is 0 Å². The first-order chi connectivity index (χ1) is 10.4. The second-order valence-electron chi connectivity index (χ2n) is 4.84. The van der Waals surface area contributed by atoms with Crippen LogP contribution in [0.2, 0.25) is 0 Å². The molecule has 8 heteroatoms. The van der Waals surface area contributed by atoms with E-state index in [1.54, 1.807) is 19.2 Å². The number of amides is 1. The molecule has 1 amide bonds. The van der Waals surface area contributed by atoms with Gasteiger partial charge in [-0.2, -0.15) is 0 Å². The Labute approximate surface area is 125 Å². The molecule has 8 nitrogen and oxygen atoms in total. The normalized spacial score (nSPS) is 12.0. The summed E-state index contributed by atoms with van der Waals surface area (Å²) in [4.78, 5) is 36.1. The molecule has 1 unspecified atom stereocenters. The van der Waals surface area contributed by atoms with E-state index in [9.17, 15) is 19.7 Å². The van der Waals surface area contributed by atoms with Crippen molar-refractivity contribution >= 4 is 28.5 Å². The van der Waals surface area contributed by atoms with Crippen LogP contribution in [-0.2, 0) is 16.0 Å². The highest BCUT2D eigenvalue weighted by Crippen LogP contribution is 2.24. The molecule has 1 aromatic heterocycles. The quantitative estimate of drug-likeness (QED) is 0.552. The van der Waals surface area contributed by atoms with Crippen molar-refractivity contribution < 1.29 is 19.6 Å². The zero-order valence-electron chi connectivity index (χ0n) is 11.8. The number of fused-ring (bicyclic) bond motifs is 1. The Morgan fingerprint density at radius 3 is 2.77 bits per heavy atom. The number of nitro benzene ring substituents is 1. The number of benzene rings is 1. The van der Waals surface area contributed by atoms with Crippen molar-refractivity contribution in [1.82, 2.24) is 10.3 Å². The van der Waals surface area contributed by atoms with E-state index < -0.39 is 22.8 Å². The molecule has 2 aromatic rings. The van der Waals surface area contributed by atoms with E-state index >= 15 is 0 Å². The molecule has 0 fully saturated rings. The van der Waals surface area contributed by atoms with Crippen molar-refractivity contribution in [1.29, 1.82) is 0 Å². The van der Waals surface area contributed by atoms with Crippen LogP contribution >= 0.6 is 0 Å². The van der Waals surface area contributed by atoms with E-state index in [1.165, 1.54) is 12.1 Å². The van der Waals surface area contributed by atoms with E-state index in [-0.39, 0.29) is 18.5 Å². The van der Waals surface area contributed by atoms with Gasteiger partial charge in [-0.15, -0.1) is 0 Å². The van der Waals surface area contributed by atoms with Crippen LogP contribution in [0.4, 0.5) is 5.69 Å². The van der Waals surface area contributed by atoms with Crippen molar-refractivity contribution in [3.63, 3.8) is 0 Å². The Morgan fingerprint density at radius 1 is 1.45 bits per heavy atom. The van der Waals surface area contributed by atoms with Gasteiger partial charge in [-0.25, -0.2) is 4.79 Å². The van der Waals surface area contributed by atoms with Crippen molar-refractivity contribution in [3.8, 4) is 0 Å². The topological polar surface area (TPSA) is 125 Å². The number of carboxylic acids is 1. The molecule has 22 heavy (non-hydrogen) atoms. The number of nitrogens with one attached hydrogen (secondary N) is 2. The molecule has 1 atom stereocenters. The van der Waals surface area contributed by atoms with Crippen molar-refractivity contribution in [2.75, 3.05) is 0 Å². The molecule has 116 valence electrons. The summed E-state index contributed by atoms with van der Waals surface area (Å²) in [5.41, 5.74) is 1.20. The summed E-state index contributed by atoms with van der Waals surface area (Å²) in [7, 11) is 0. The minimum atomic E-state index is -1.09. The minimum absolute atomic E-state index is 0.0506. The summed E-state index contributed by atoms with van der Waals surface area (Å²) in [6, 6.07) is 3.40. The van der Waals surface area contributed by atoms with Gasteiger partial charge in [-0.3, -0.25) is 14.9 Å². The van der Waals surface area contributed by atoms with Gasteiger partial charge in [0, 0.05) is 29.2 Å². The highest BCUT2D eigenvalue weighted by atomic mass is 16.6. The van der Waals surface area contributed by atoms with Gasteiger partial charge in [0.25, 0.3) is 5.69 Å². The zero-order valence-corrected chi connectivity index (χ0v) is 11.8. The summed E-state index contributed by atoms with van der Waals surface area (Å²) in [6.45, 7) is 1.66. The number of carbonyl (C=O) groups is 2. The van der Waals surface area contributed by atoms with Gasteiger partial charge in [0.15, 0.2) is 0 Å². The van der Waals surface area contributed by atoms with Gasteiger partial charge in [0.2, 0.25) is 5.91 Å². The number of aromatic nitrogens is 1. The molecule has 0 bridgehead atoms. The number of hydrogen-bond donors (Lipinski definition) is 3. The van der Waals surface area contributed by atoms with Gasteiger partial charge in [-0.05, 0) is 18.1 Å². The first kappa shape index (κ1) is 15.5. The fourth-order valence-electron chi connectivity index (χ4n) is 2.18. The molecule has 2 rings (SSSR count). The first-order valence-electron chi connectivity index (χ1n) is 6.69. The van der Waals surface area contributed by atoms with E-state index in [0.717, 1.165) is 0 Å². The van der Waals surface area contributed by atoms with Crippen LogP contribution in [0.1, 0.15) is 18.9 Å². The molecular formula is C14H15N3O5. The van der Waals surface area contributed by atoms with E-state index in [2.05, 4.69) is 10.3 Å². The lowest BCUT2D eigenvalue weighted by atomic mass is 10.1. The van der Waals surface area contributed by atoms with Crippen LogP contribution in [0.15, 0.2) is 24.4 Å². The summed E-state index contributed by atoms with van der Waals surface area (Å²) in [5, 5.41) is 22.7. The standard InChI is InChI=1S/C14H15N3O5/c1-2-11(14(19)20)16-13(18)5-8-7-15-12-4-3-9(17(21)22)6-10(8)12/h3-4,6-7,11,15H,2,5H2,1H3,(H,16,18)(H,19,20). The second-order valence-corrected chi connectivity index (χ2v) is 4.84. The number of non-ortho nitro benzene ring substituents is 1. The molecule has 0 spiro atoms. The van der Waals surface area contributed by atoms with Crippen molar-refractivity contribution in [2.45, 2.75) is 25.8 Å². The molecule has 0 aliphatic rings. The molecule has 0 saturated carbocycles. The maximum absolute atomic E-state index is 11.9. The number of hydrogen-bond acceptors (Lipinski definition) is 4. The van der Waals surface area contributed by atoms with Gasteiger partial charge in [0.1, 0.15) is 6.04 Å². The first-order valence-corrected chi connectivity index (χ1v) is 6.69. The fraction of sp³-hybridized carbons (Fsp3) is 0.286. The molecule has 0 saturated heterocycles. The van der Waals surface area contributed by atoms with E-state index in [1.807, 2.05) is 0 Å². The maximum Gasteiger partial charge on any atom is 0.326 e. The SMILES string of the molecule is CCC(NC(=O)Cc1c[nH]c2ccc([N+](=O)[O-])cc12)C(=O)O. The highest BCUT2D eigenvalue weighted by Gasteiger charge is 2.19. The van der Waals surface area contributed by atoms with E-state index in [4.69, 9.17) is 5.11 Å². The number of rotatable bonds is 6. The van der Waals surface area contributed by atoms with Crippen molar-refractivity contribution in [3.05, 3.63) is 40.1 Å². The smallest absolute Gasteiger partial charge is 0.326 e. The lowest BCUT2D eigenvalue weighted by molar-refractivity contribution is -0.384. The summed E-state index contributed by atoms with van der Waals surface area (Å²) in [5.74, 6) is -1.54. The Balaban J connectivity index is 2.20. The Kier molecular flexibility index (Phi) is 4.40. The number of carboxylic acid groups (broad SMARTS) is 1. The third-order valence-electron chi connectivity index (χ3n) is 3.35. The number of carbonyl (C=O) groups excluding carboxylic acids is 1. The van der Waals surface area contributed by atoms with Crippen LogP contribution < -0.4 is 5.32 Å². The predicted octanol–water partition coefficient (Wildman–Crippen LogP) is 1.60. The summed E-state index contributed by atoms with van der Waals surface area (Å²) < 4.78 is 0. The largest absolute Gasteiger partial charge is 0.480 e. The fourth-order valence-corrected chi connectivity index (χ4v) is 2.18. The van der Waals surface area contributed by atoms with Crippen molar-refractivity contribution in [2.24, 2.45) is 0 Å². The minimum Gasteiger partial charge on any atom is -0.480 e. The molecule has 1 heterocycles. The number of nitro groups is 1. The van der Waals surface area contributed by atoms with Gasteiger partial charge in [0.05, 0.1) is 11.3 Å². The van der Waals surface area contributed by atoms with Crippen LogP contribution in [0, 0.1) is 10.1 Å². The Morgan fingerprint density at radius 2 is 2.18 bits per heavy atom. The van der Waals surface area contributed by atoms with Gasteiger partial charge in [-0.1, -0.05) is 6.92 Å². The molecule has 1 aromatic carbocycles. The average Bonchev–Trinajstić information content (AvgIpc) is 2.86. The summed E-state index contributed by atoms with van der Waals surface area (Å²) in [6.07, 6.45) is 1.82.